The van der Waals surface area contributed by atoms with Crippen molar-refractivity contribution in [3.63, 3.8) is 0 Å². The van der Waals surface area contributed by atoms with Crippen LogP contribution in [0.1, 0.15) is 17.9 Å². The third-order valence-electron chi connectivity index (χ3n) is 5.51. The first-order chi connectivity index (χ1) is 16.9. The van der Waals surface area contributed by atoms with Gasteiger partial charge in [-0.15, -0.1) is 0 Å². The van der Waals surface area contributed by atoms with E-state index in [0.29, 0.717) is 41.7 Å². The van der Waals surface area contributed by atoms with Crippen LogP contribution in [0.5, 0.6) is 5.75 Å². The first kappa shape index (κ1) is 26.0. The van der Waals surface area contributed by atoms with E-state index in [1.54, 1.807) is 37.5 Å². The van der Waals surface area contributed by atoms with Gasteiger partial charge in [0.25, 0.3) is 0 Å². The molecule has 0 bridgehead atoms. The van der Waals surface area contributed by atoms with Gasteiger partial charge in [0.05, 0.1) is 17.9 Å². The molecule has 0 saturated heterocycles. The molecule has 0 aliphatic carbocycles. The van der Waals surface area contributed by atoms with Crippen molar-refractivity contribution in [2.45, 2.75) is 18.4 Å². The third-order valence-corrected chi connectivity index (χ3v) is 5.51. The quantitative estimate of drug-likeness (QED) is 0.190. The molecule has 35 heavy (non-hydrogen) atoms. The van der Waals surface area contributed by atoms with Gasteiger partial charge in [-0.3, -0.25) is 19.5 Å². The second-order valence-corrected chi connectivity index (χ2v) is 7.98. The first-order valence-corrected chi connectivity index (χ1v) is 11.3. The van der Waals surface area contributed by atoms with Crippen molar-refractivity contribution in [3.8, 4) is 5.75 Å². The van der Waals surface area contributed by atoms with Gasteiger partial charge in [-0.25, -0.2) is 9.97 Å². The van der Waals surface area contributed by atoms with Crippen LogP contribution in [0, 0.1) is 0 Å². The van der Waals surface area contributed by atoms with Crippen molar-refractivity contribution in [1.82, 2.24) is 20.2 Å². The number of carbonyl (C=O) groups excluding carboxylic acids is 1. The number of hydrogen-bond donors (Lipinski definition) is 5. The summed E-state index contributed by atoms with van der Waals surface area (Å²) >= 11 is 0. The summed E-state index contributed by atoms with van der Waals surface area (Å²) in [6, 6.07) is 6.07. The smallest absolute Gasteiger partial charge is 0.323 e. The standard InChI is InChI=1S/C23H31N7O5/c1-24-7-4-8-25-20-19-17(22(32)29-21(19)28-14-27-20)12-26-15-5-3-6-16(11-15)35-10-9-30(2)18(13-31)23(33)34/h3,5-6,11-12,14,17-18,24,31H,4,7-10,13H2,1-2H3,(H,33,34)(H2,25,27,28,29,32)/t17?,18-/m0/s1. The highest BCUT2D eigenvalue weighted by molar-refractivity contribution is 6.13. The van der Waals surface area contributed by atoms with Crippen LogP contribution in [0.15, 0.2) is 35.6 Å². The number of rotatable bonds is 14. The predicted molar refractivity (Wildman–Crippen MR) is 132 cm³/mol. The minimum absolute atomic E-state index is 0.227. The summed E-state index contributed by atoms with van der Waals surface area (Å²) in [7, 11) is 3.50. The monoisotopic (exact) mass is 485 g/mol. The molecule has 12 heteroatoms. The molecule has 1 unspecified atom stereocenters. The molecule has 12 nitrogen and oxygen atoms in total. The highest BCUT2D eigenvalue weighted by Crippen LogP contribution is 2.34. The second-order valence-electron chi connectivity index (χ2n) is 7.98. The zero-order valence-corrected chi connectivity index (χ0v) is 19.8. The number of aliphatic carboxylic acids is 1. The Balaban J connectivity index is 1.64. The van der Waals surface area contributed by atoms with Gasteiger partial charge in [-0.1, -0.05) is 6.07 Å². The van der Waals surface area contributed by atoms with Crippen LogP contribution in [0.3, 0.4) is 0 Å². The number of aliphatic hydroxyl groups excluding tert-OH is 1. The molecule has 2 atom stereocenters. The number of likely N-dealkylation sites (N-methyl/N-ethyl adjacent to an activating group) is 1. The number of aliphatic hydroxyl groups is 1. The fourth-order valence-electron chi connectivity index (χ4n) is 3.55. The van der Waals surface area contributed by atoms with Crippen LogP contribution in [0.4, 0.5) is 17.3 Å². The lowest BCUT2D eigenvalue weighted by Crippen LogP contribution is -2.43. The number of anilines is 2. The Bertz CT molecular complexity index is 1050. The number of amides is 1. The maximum absolute atomic E-state index is 12.6. The van der Waals surface area contributed by atoms with Gasteiger partial charge in [-0.05, 0) is 39.2 Å². The van der Waals surface area contributed by atoms with Crippen LogP contribution in [0.2, 0.25) is 0 Å². The second kappa shape index (κ2) is 12.7. The maximum Gasteiger partial charge on any atom is 0.323 e. The molecular weight excluding hydrogens is 454 g/mol. The predicted octanol–water partition coefficient (Wildman–Crippen LogP) is 0.692. The largest absolute Gasteiger partial charge is 0.492 e. The van der Waals surface area contributed by atoms with Crippen LogP contribution in [-0.2, 0) is 9.59 Å². The Hall–Kier alpha value is -3.61. The van der Waals surface area contributed by atoms with Crippen molar-refractivity contribution >= 4 is 35.4 Å². The molecule has 188 valence electrons. The highest BCUT2D eigenvalue weighted by atomic mass is 16.5. The minimum Gasteiger partial charge on any atom is -0.492 e. The van der Waals surface area contributed by atoms with Gasteiger partial charge in [0.15, 0.2) is 0 Å². The highest BCUT2D eigenvalue weighted by Gasteiger charge is 2.33. The Morgan fingerprint density at radius 1 is 1.37 bits per heavy atom. The maximum atomic E-state index is 12.6. The van der Waals surface area contributed by atoms with E-state index in [2.05, 4.69) is 30.9 Å². The summed E-state index contributed by atoms with van der Waals surface area (Å²) in [5, 5.41) is 27.4. The average Bonchev–Trinajstić information content (AvgIpc) is 3.16. The molecule has 1 amide bonds. The molecule has 2 aromatic rings. The lowest BCUT2D eigenvalue weighted by Gasteiger charge is -2.22. The number of aliphatic imine (C=N–C) groups is 1. The molecule has 2 heterocycles. The molecular formula is C23H31N7O5. The molecule has 0 radical (unpaired) electrons. The third kappa shape index (κ3) is 6.94. The average molecular weight is 486 g/mol. The number of carbonyl (C=O) groups is 2. The molecule has 0 fully saturated rings. The number of hydrogen-bond acceptors (Lipinski definition) is 10. The van der Waals surface area contributed by atoms with Crippen LogP contribution < -0.4 is 20.7 Å². The number of carboxylic acid groups (broad SMARTS) is 1. The number of aromatic nitrogens is 2. The Labute approximate surface area is 203 Å². The van der Waals surface area contributed by atoms with Crippen molar-refractivity contribution in [2.24, 2.45) is 4.99 Å². The van der Waals surface area contributed by atoms with E-state index in [1.807, 2.05) is 7.05 Å². The van der Waals surface area contributed by atoms with E-state index in [9.17, 15) is 14.7 Å². The fourth-order valence-corrected chi connectivity index (χ4v) is 3.55. The van der Waals surface area contributed by atoms with Gasteiger partial charge in [0, 0.05) is 25.4 Å². The molecule has 1 aliphatic rings. The SMILES string of the molecule is CNCCCNc1ncnc2c1C(C=Nc1cccc(OCCN(C)[C@@H](CO)C(=O)O)c1)C(=O)N2. The summed E-state index contributed by atoms with van der Waals surface area (Å²) in [5.41, 5.74) is 1.26. The van der Waals surface area contributed by atoms with E-state index < -0.39 is 24.5 Å². The lowest BCUT2D eigenvalue weighted by molar-refractivity contribution is -0.144. The Morgan fingerprint density at radius 2 is 2.20 bits per heavy atom. The van der Waals surface area contributed by atoms with E-state index in [-0.39, 0.29) is 12.5 Å². The van der Waals surface area contributed by atoms with E-state index in [4.69, 9.17) is 9.84 Å². The van der Waals surface area contributed by atoms with Crippen molar-refractivity contribution in [2.75, 3.05) is 57.6 Å². The molecule has 3 rings (SSSR count). The molecule has 1 aliphatic heterocycles. The summed E-state index contributed by atoms with van der Waals surface area (Å²) in [6.07, 6.45) is 3.88. The normalized spacial score (nSPS) is 15.8. The molecule has 1 aromatic carbocycles. The van der Waals surface area contributed by atoms with Crippen molar-refractivity contribution < 1.29 is 24.5 Å². The number of nitrogens with zero attached hydrogens (tertiary/aromatic N) is 4. The topological polar surface area (TPSA) is 161 Å². The van der Waals surface area contributed by atoms with E-state index >= 15 is 0 Å². The van der Waals surface area contributed by atoms with Gasteiger partial charge >= 0.3 is 5.97 Å². The minimum atomic E-state index is -1.09. The number of nitrogens with one attached hydrogen (secondary N) is 3. The Morgan fingerprint density at radius 3 is 2.94 bits per heavy atom. The van der Waals surface area contributed by atoms with Gasteiger partial charge in [0.2, 0.25) is 5.91 Å². The van der Waals surface area contributed by atoms with Crippen LogP contribution in [0.25, 0.3) is 0 Å². The molecule has 0 spiro atoms. The summed E-state index contributed by atoms with van der Waals surface area (Å²) in [5.74, 6) is -0.329. The van der Waals surface area contributed by atoms with Crippen molar-refractivity contribution in [1.29, 1.82) is 0 Å². The van der Waals surface area contributed by atoms with Gasteiger partial charge in [-0.2, -0.15) is 0 Å². The van der Waals surface area contributed by atoms with E-state index in [0.717, 1.165) is 13.0 Å². The zero-order valence-electron chi connectivity index (χ0n) is 19.8. The van der Waals surface area contributed by atoms with Gasteiger partial charge in [0.1, 0.15) is 42.3 Å². The van der Waals surface area contributed by atoms with Crippen molar-refractivity contribution in [3.05, 3.63) is 36.2 Å². The van der Waals surface area contributed by atoms with Crippen LogP contribution >= 0.6 is 0 Å². The first-order valence-electron chi connectivity index (χ1n) is 11.3. The summed E-state index contributed by atoms with van der Waals surface area (Å²) < 4.78 is 5.72. The molecule has 1 aromatic heterocycles. The van der Waals surface area contributed by atoms with Gasteiger partial charge < -0.3 is 30.9 Å². The summed E-state index contributed by atoms with van der Waals surface area (Å²) in [6.45, 7) is 1.62. The Kier molecular flexibility index (Phi) is 9.47. The number of benzene rings is 1. The fraction of sp³-hybridized carbons (Fsp3) is 0.435. The number of carboxylic acids is 1. The lowest BCUT2D eigenvalue weighted by atomic mass is 10.0. The zero-order chi connectivity index (χ0) is 25.2. The molecule has 5 N–H and O–H groups in total. The number of fused-ring (bicyclic) bond motifs is 1. The number of ether oxygens (including phenoxy) is 1. The molecule has 0 saturated carbocycles. The summed E-state index contributed by atoms with van der Waals surface area (Å²) in [4.78, 5) is 38.2. The van der Waals surface area contributed by atoms with E-state index in [1.165, 1.54) is 11.2 Å². The van der Waals surface area contributed by atoms with Crippen LogP contribution in [-0.4, -0.2) is 96.2 Å².